The number of thioether (sulfide) groups is 1. The van der Waals surface area contributed by atoms with Crippen molar-refractivity contribution in [1.29, 1.82) is 0 Å². The lowest BCUT2D eigenvalue weighted by Crippen LogP contribution is -2.39. The smallest absolute Gasteiger partial charge is 0.410 e. The average molecular weight is 407 g/mol. The summed E-state index contributed by atoms with van der Waals surface area (Å²) in [4.78, 5) is 36.2. The molecule has 0 atom stereocenters. The van der Waals surface area contributed by atoms with Crippen LogP contribution in [0.5, 0.6) is 0 Å². The zero-order valence-electron chi connectivity index (χ0n) is 15.7. The minimum absolute atomic E-state index is 0.234. The molecule has 2 amide bonds. The summed E-state index contributed by atoms with van der Waals surface area (Å²) in [6, 6.07) is 3.48. The molecule has 3 rings (SSSR count). The first-order valence-corrected chi connectivity index (χ1v) is 10.6. The predicted molar refractivity (Wildman–Crippen MR) is 106 cm³/mol. The maximum atomic E-state index is 12.6. The molecule has 0 spiro atoms. The number of aromatic nitrogens is 2. The van der Waals surface area contributed by atoms with E-state index in [1.165, 1.54) is 23.1 Å². The summed E-state index contributed by atoms with van der Waals surface area (Å²) in [5.41, 5.74) is 0.919. The Hall–Kier alpha value is -2.13. The maximum Gasteiger partial charge on any atom is 0.410 e. The molecule has 2 aromatic rings. The quantitative estimate of drug-likeness (QED) is 0.781. The Morgan fingerprint density at radius 2 is 2.15 bits per heavy atom. The van der Waals surface area contributed by atoms with Crippen molar-refractivity contribution in [1.82, 2.24) is 14.9 Å². The number of hydrogen-bond donors (Lipinski definition) is 1. The zero-order chi connectivity index (χ0) is 19.6. The molecule has 0 aromatic carbocycles. The lowest BCUT2D eigenvalue weighted by Gasteiger charge is -2.29. The molecule has 0 fully saturated rings. The number of nitrogens with one attached hydrogen (secondary N) is 1. The fourth-order valence-corrected chi connectivity index (χ4v) is 4.19. The van der Waals surface area contributed by atoms with E-state index in [4.69, 9.17) is 4.74 Å². The Labute approximate surface area is 166 Å². The third kappa shape index (κ3) is 4.78. The van der Waals surface area contributed by atoms with Crippen molar-refractivity contribution in [3.8, 4) is 0 Å². The third-order valence-corrected chi connectivity index (χ3v) is 5.52. The van der Waals surface area contributed by atoms with E-state index in [-0.39, 0.29) is 12.0 Å². The van der Waals surface area contributed by atoms with E-state index in [1.54, 1.807) is 23.2 Å². The summed E-state index contributed by atoms with van der Waals surface area (Å²) in [6.07, 6.45) is 3.86. The van der Waals surface area contributed by atoms with Crippen LogP contribution in [0, 0.1) is 0 Å². The van der Waals surface area contributed by atoms with Crippen molar-refractivity contribution < 1.29 is 14.3 Å². The van der Waals surface area contributed by atoms with Gasteiger partial charge in [-0.05, 0) is 39.2 Å². The summed E-state index contributed by atoms with van der Waals surface area (Å²) in [7, 11) is 0. The molecule has 1 N–H and O–H groups in total. The van der Waals surface area contributed by atoms with Gasteiger partial charge in [-0.25, -0.2) is 14.8 Å². The van der Waals surface area contributed by atoms with E-state index >= 15 is 0 Å². The van der Waals surface area contributed by atoms with Crippen LogP contribution in [0.2, 0.25) is 0 Å². The van der Waals surface area contributed by atoms with Crippen molar-refractivity contribution in [3.63, 3.8) is 0 Å². The van der Waals surface area contributed by atoms with Gasteiger partial charge in [-0.15, -0.1) is 11.8 Å². The van der Waals surface area contributed by atoms with Crippen LogP contribution in [-0.2, 0) is 17.7 Å². The number of thiazole rings is 1. The number of hydrogen-bond acceptors (Lipinski definition) is 7. The van der Waals surface area contributed by atoms with Gasteiger partial charge in [-0.3, -0.25) is 10.1 Å². The lowest BCUT2D eigenvalue weighted by molar-refractivity contribution is 0.0225. The van der Waals surface area contributed by atoms with Crippen molar-refractivity contribution in [3.05, 3.63) is 34.5 Å². The number of nitrogens with zero attached hydrogens (tertiary/aromatic N) is 3. The minimum Gasteiger partial charge on any atom is -0.444 e. The Kier molecular flexibility index (Phi) is 5.71. The van der Waals surface area contributed by atoms with Crippen molar-refractivity contribution in [2.45, 2.75) is 44.4 Å². The van der Waals surface area contributed by atoms with E-state index in [0.29, 0.717) is 35.2 Å². The number of carbonyl (C=O) groups is 2. The van der Waals surface area contributed by atoms with Gasteiger partial charge in [-0.2, -0.15) is 0 Å². The normalized spacial score (nSPS) is 13.9. The molecule has 0 radical (unpaired) electrons. The fourth-order valence-electron chi connectivity index (χ4n) is 2.62. The topological polar surface area (TPSA) is 84.4 Å². The highest BCUT2D eigenvalue weighted by atomic mass is 32.2. The van der Waals surface area contributed by atoms with Crippen molar-refractivity contribution in [2.24, 2.45) is 0 Å². The molecule has 2 aromatic heterocycles. The van der Waals surface area contributed by atoms with Crippen molar-refractivity contribution in [2.75, 3.05) is 18.1 Å². The van der Waals surface area contributed by atoms with E-state index in [0.717, 1.165) is 10.6 Å². The lowest BCUT2D eigenvalue weighted by atomic mass is 10.2. The molecule has 144 valence electrons. The summed E-state index contributed by atoms with van der Waals surface area (Å²) < 4.78 is 5.44. The van der Waals surface area contributed by atoms with Gasteiger partial charge < -0.3 is 9.64 Å². The molecule has 3 heterocycles. The van der Waals surface area contributed by atoms with Gasteiger partial charge in [0.15, 0.2) is 5.13 Å². The number of carbonyl (C=O) groups excluding carboxylic acids is 2. The van der Waals surface area contributed by atoms with Crippen LogP contribution in [0.3, 0.4) is 0 Å². The molecule has 0 bridgehead atoms. The van der Waals surface area contributed by atoms with Gasteiger partial charge in [-0.1, -0.05) is 11.3 Å². The molecule has 0 aliphatic carbocycles. The number of pyridine rings is 1. The molecule has 1 aliphatic rings. The van der Waals surface area contributed by atoms with Crippen LogP contribution in [0.1, 0.15) is 41.7 Å². The van der Waals surface area contributed by atoms with Gasteiger partial charge >= 0.3 is 6.09 Å². The second-order valence-electron chi connectivity index (χ2n) is 7.06. The Bertz CT molecular complexity index is 861. The molecule has 0 saturated heterocycles. The summed E-state index contributed by atoms with van der Waals surface area (Å²) in [5.74, 6) is -0.234. The minimum atomic E-state index is -0.525. The summed E-state index contributed by atoms with van der Waals surface area (Å²) in [5, 5.41) is 4.06. The van der Waals surface area contributed by atoms with Gasteiger partial charge in [0, 0.05) is 24.0 Å². The summed E-state index contributed by atoms with van der Waals surface area (Å²) >= 11 is 2.81. The fraction of sp³-hybridized carbons (Fsp3) is 0.444. The first-order valence-electron chi connectivity index (χ1n) is 8.53. The Balaban J connectivity index is 1.70. The van der Waals surface area contributed by atoms with E-state index in [9.17, 15) is 9.59 Å². The maximum absolute atomic E-state index is 12.6. The first kappa shape index (κ1) is 19.6. The van der Waals surface area contributed by atoms with Crippen LogP contribution in [0.4, 0.5) is 9.93 Å². The van der Waals surface area contributed by atoms with Crippen LogP contribution in [0.15, 0.2) is 23.4 Å². The predicted octanol–water partition coefficient (Wildman–Crippen LogP) is 3.81. The first-order chi connectivity index (χ1) is 12.8. The van der Waals surface area contributed by atoms with Crippen LogP contribution >= 0.6 is 23.1 Å². The molecule has 0 saturated carbocycles. The standard InChI is InChI=1S/C18H22N4O3S2/c1-18(2,3)25-17(24)22-9-7-12-13(10-22)27-16(20-12)21-14(23)11-6-5-8-19-15(11)26-4/h5-6,8H,7,9-10H2,1-4H3,(H,20,21,23). The SMILES string of the molecule is CSc1ncccc1C(=O)Nc1nc2c(s1)CN(C(=O)OC(C)(C)C)CC2. The molecular formula is C18H22N4O3S2. The van der Waals surface area contributed by atoms with Gasteiger partial charge in [0.2, 0.25) is 0 Å². The zero-order valence-corrected chi connectivity index (χ0v) is 17.4. The molecule has 1 aliphatic heterocycles. The highest BCUT2D eigenvalue weighted by molar-refractivity contribution is 7.98. The monoisotopic (exact) mass is 406 g/mol. The second kappa shape index (κ2) is 7.85. The van der Waals surface area contributed by atoms with Gasteiger partial charge in [0.05, 0.1) is 17.8 Å². The number of amides is 2. The van der Waals surface area contributed by atoms with Crippen LogP contribution in [0.25, 0.3) is 0 Å². The molecule has 9 heteroatoms. The average Bonchev–Trinajstić information content (AvgIpc) is 3.01. The molecule has 27 heavy (non-hydrogen) atoms. The molecule has 0 unspecified atom stereocenters. The van der Waals surface area contributed by atoms with Crippen LogP contribution < -0.4 is 5.32 Å². The second-order valence-corrected chi connectivity index (χ2v) is 8.93. The largest absolute Gasteiger partial charge is 0.444 e. The van der Waals surface area contributed by atoms with E-state index in [1.807, 2.05) is 27.0 Å². The highest BCUT2D eigenvalue weighted by Crippen LogP contribution is 2.30. The molecular weight excluding hydrogens is 384 g/mol. The van der Waals surface area contributed by atoms with Crippen molar-refractivity contribution >= 4 is 40.2 Å². The highest BCUT2D eigenvalue weighted by Gasteiger charge is 2.28. The Morgan fingerprint density at radius 1 is 1.37 bits per heavy atom. The molecule has 7 nitrogen and oxygen atoms in total. The van der Waals surface area contributed by atoms with Gasteiger partial charge in [0.25, 0.3) is 5.91 Å². The number of anilines is 1. The third-order valence-electron chi connectivity index (χ3n) is 3.81. The number of rotatable bonds is 3. The van der Waals surface area contributed by atoms with E-state index in [2.05, 4.69) is 15.3 Å². The number of fused-ring (bicyclic) bond motifs is 1. The number of ether oxygens (including phenoxy) is 1. The summed E-state index contributed by atoms with van der Waals surface area (Å²) in [6.45, 7) is 6.55. The van der Waals surface area contributed by atoms with Crippen LogP contribution in [-0.4, -0.2) is 45.3 Å². The van der Waals surface area contributed by atoms with Gasteiger partial charge in [0.1, 0.15) is 10.6 Å². The van der Waals surface area contributed by atoms with E-state index < -0.39 is 5.60 Å². The Morgan fingerprint density at radius 3 is 2.85 bits per heavy atom.